The van der Waals surface area contributed by atoms with Gasteiger partial charge < -0.3 is 5.32 Å². The first-order chi connectivity index (χ1) is 14.6. The minimum absolute atomic E-state index is 0.109. The summed E-state index contributed by atoms with van der Waals surface area (Å²) in [4.78, 5) is 13.0. The zero-order chi connectivity index (χ0) is 22.8. The van der Waals surface area contributed by atoms with Gasteiger partial charge in [-0.05, 0) is 68.3 Å². The number of nitrogens with zero attached hydrogens (tertiary/aromatic N) is 1. The molecule has 31 heavy (non-hydrogen) atoms. The third kappa shape index (κ3) is 5.39. The maximum atomic E-state index is 13.5. The second-order valence-electron chi connectivity index (χ2n) is 7.25. The Morgan fingerprint density at radius 2 is 1.55 bits per heavy atom. The molecule has 1 N–H and O–H groups in total. The number of hydrogen-bond acceptors (Lipinski definition) is 3. The largest absolute Gasteiger partial charge is 0.324 e. The van der Waals surface area contributed by atoms with E-state index in [1.807, 2.05) is 26.8 Å². The highest BCUT2D eigenvalue weighted by molar-refractivity contribution is 7.92. The molecule has 3 aromatic carbocycles. The first-order valence-corrected chi connectivity index (χ1v) is 11.7. The normalized spacial score (nSPS) is 11.3. The molecule has 0 atom stereocenters. The van der Waals surface area contributed by atoms with E-state index in [2.05, 4.69) is 5.32 Å². The van der Waals surface area contributed by atoms with Crippen molar-refractivity contribution in [2.45, 2.75) is 25.7 Å². The Morgan fingerprint density at radius 3 is 2.16 bits per heavy atom. The summed E-state index contributed by atoms with van der Waals surface area (Å²) >= 11 is 12.0. The first-order valence-electron chi connectivity index (χ1n) is 9.49. The molecule has 0 aliphatic rings. The summed E-state index contributed by atoms with van der Waals surface area (Å²) in [5.41, 5.74) is 3.46. The van der Waals surface area contributed by atoms with Crippen LogP contribution in [0.15, 0.2) is 65.6 Å². The van der Waals surface area contributed by atoms with Gasteiger partial charge >= 0.3 is 0 Å². The molecule has 0 aliphatic carbocycles. The summed E-state index contributed by atoms with van der Waals surface area (Å²) in [6, 6.07) is 16.5. The third-order valence-electron chi connectivity index (χ3n) is 4.89. The second kappa shape index (κ2) is 9.30. The predicted molar refractivity (Wildman–Crippen MR) is 127 cm³/mol. The Balaban J connectivity index is 2.00. The van der Waals surface area contributed by atoms with E-state index < -0.39 is 22.5 Å². The van der Waals surface area contributed by atoms with Gasteiger partial charge in [0.15, 0.2) is 0 Å². The van der Waals surface area contributed by atoms with Gasteiger partial charge in [0.2, 0.25) is 5.91 Å². The molecule has 0 saturated carbocycles. The van der Waals surface area contributed by atoms with Crippen LogP contribution < -0.4 is 9.62 Å². The van der Waals surface area contributed by atoms with Crippen molar-refractivity contribution < 1.29 is 13.2 Å². The van der Waals surface area contributed by atoms with Crippen molar-refractivity contribution in [1.82, 2.24) is 0 Å². The molecule has 0 spiro atoms. The van der Waals surface area contributed by atoms with E-state index in [1.54, 1.807) is 42.5 Å². The summed E-state index contributed by atoms with van der Waals surface area (Å²) < 4.78 is 28.1. The van der Waals surface area contributed by atoms with Crippen LogP contribution in [-0.4, -0.2) is 20.9 Å². The zero-order valence-electron chi connectivity index (χ0n) is 17.3. The van der Waals surface area contributed by atoms with Gasteiger partial charge in [-0.3, -0.25) is 9.10 Å². The number of halogens is 2. The van der Waals surface area contributed by atoms with Crippen molar-refractivity contribution in [3.8, 4) is 0 Å². The zero-order valence-corrected chi connectivity index (χ0v) is 19.6. The molecule has 3 aromatic rings. The van der Waals surface area contributed by atoms with Gasteiger partial charge in [-0.15, -0.1) is 0 Å². The molecule has 3 rings (SSSR count). The van der Waals surface area contributed by atoms with Crippen LogP contribution >= 0.6 is 23.2 Å². The Kier molecular flexibility index (Phi) is 6.94. The van der Waals surface area contributed by atoms with Crippen LogP contribution in [0.5, 0.6) is 0 Å². The van der Waals surface area contributed by atoms with E-state index in [9.17, 15) is 13.2 Å². The number of benzene rings is 3. The van der Waals surface area contributed by atoms with Crippen LogP contribution in [0, 0.1) is 20.8 Å². The lowest BCUT2D eigenvalue weighted by molar-refractivity contribution is -0.114. The van der Waals surface area contributed by atoms with Gasteiger partial charge in [0.1, 0.15) is 6.54 Å². The van der Waals surface area contributed by atoms with Gasteiger partial charge in [-0.1, -0.05) is 53.0 Å². The monoisotopic (exact) mass is 476 g/mol. The lowest BCUT2D eigenvalue weighted by atomic mass is 10.1. The summed E-state index contributed by atoms with van der Waals surface area (Å²) in [5, 5.41) is 3.40. The highest BCUT2D eigenvalue weighted by Gasteiger charge is 2.28. The number of carbonyl (C=O) groups excluding carboxylic acids is 1. The molecule has 0 aromatic heterocycles. The maximum absolute atomic E-state index is 13.5. The lowest BCUT2D eigenvalue weighted by Gasteiger charge is -2.26. The summed E-state index contributed by atoms with van der Waals surface area (Å²) in [6.45, 7) is 5.19. The number of carbonyl (C=O) groups is 1. The smallest absolute Gasteiger partial charge is 0.264 e. The molecule has 0 unspecified atom stereocenters. The van der Waals surface area contributed by atoms with E-state index in [0.717, 1.165) is 21.0 Å². The Labute approximate surface area is 192 Å². The van der Waals surface area contributed by atoms with Gasteiger partial charge in [-0.2, -0.15) is 0 Å². The van der Waals surface area contributed by atoms with Gasteiger partial charge in [0, 0.05) is 15.7 Å². The van der Waals surface area contributed by atoms with Gasteiger partial charge in [0.25, 0.3) is 10.0 Å². The molecule has 5 nitrogen and oxygen atoms in total. The maximum Gasteiger partial charge on any atom is 0.264 e. The number of rotatable bonds is 6. The Bertz CT molecular complexity index is 1210. The van der Waals surface area contributed by atoms with E-state index in [4.69, 9.17) is 23.2 Å². The van der Waals surface area contributed by atoms with E-state index in [0.29, 0.717) is 21.4 Å². The van der Waals surface area contributed by atoms with Crippen LogP contribution in [0.4, 0.5) is 11.4 Å². The molecule has 1 amide bonds. The van der Waals surface area contributed by atoms with Crippen molar-refractivity contribution in [3.63, 3.8) is 0 Å². The molecule has 0 heterocycles. The van der Waals surface area contributed by atoms with Crippen molar-refractivity contribution in [1.29, 1.82) is 0 Å². The predicted octanol–water partition coefficient (Wildman–Crippen LogP) is 5.75. The number of hydrogen-bond donors (Lipinski definition) is 1. The molecule has 0 saturated heterocycles. The van der Waals surface area contributed by atoms with Gasteiger partial charge in [0.05, 0.1) is 10.6 Å². The Morgan fingerprint density at radius 1 is 0.935 bits per heavy atom. The fourth-order valence-corrected chi connectivity index (χ4v) is 5.10. The van der Waals surface area contributed by atoms with Crippen molar-refractivity contribution >= 4 is 50.5 Å². The van der Waals surface area contributed by atoms with Gasteiger partial charge in [-0.25, -0.2) is 8.42 Å². The van der Waals surface area contributed by atoms with Crippen LogP contribution in [0.25, 0.3) is 0 Å². The molecular weight excluding hydrogens is 455 g/mol. The quantitative estimate of drug-likeness (QED) is 0.492. The van der Waals surface area contributed by atoms with Crippen LogP contribution in [0.1, 0.15) is 16.7 Å². The SMILES string of the molecule is Cc1ccc(S(=O)(=O)N(CC(=O)Nc2cc(Cl)cc(Cl)c2)c2cccc(C)c2C)cc1. The molecular formula is C23H22Cl2N2O3S. The van der Waals surface area contributed by atoms with Crippen LogP contribution in [-0.2, 0) is 14.8 Å². The number of aryl methyl sites for hydroxylation is 2. The average Bonchev–Trinajstić information content (AvgIpc) is 2.68. The second-order valence-corrected chi connectivity index (χ2v) is 9.99. The first kappa shape index (κ1) is 23.1. The summed E-state index contributed by atoms with van der Waals surface area (Å²) in [7, 11) is -3.99. The fraction of sp³-hybridized carbons (Fsp3) is 0.174. The molecule has 0 bridgehead atoms. The highest BCUT2D eigenvalue weighted by atomic mass is 35.5. The number of amides is 1. The molecule has 0 aliphatic heterocycles. The van der Waals surface area contributed by atoms with Crippen LogP contribution in [0.2, 0.25) is 10.0 Å². The van der Waals surface area contributed by atoms with E-state index in [-0.39, 0.29) is 4.90 Å². The lowest BCUT2D eigenvalue weighted by Crippen LogP contribution is -2.38. The van der Waals surface area contributed by atoms with Crippen molar-refractivity contribution in [3.05, 3.63) is 87.4 Å². The Hall–Kier alpha value is -2.54. The average molecular weight is 477 g/mol. The fourth-order valence-electron chi connectivity index (χ4n) is 3.10. The highest BCUT2D eigenvalue weighted by Crippen LogP contribution is 2.29. The topological polar surface area (TPSA) is 66.5 Å². The molecule has 0 radical (unpaired) electrons. The minimum atomic E-state index is -3.99. The van der Waals surface area contributed by atoms with Crippen molar-refractivity contribution in [2.24, 2.45) is 0 Å². The third-order valence-corrected chi connectivity index (χ3v) is 7.10. The number of nitrogens with one attached hydrogen (secondary N) is 1. The molecule has 8 heteroatoms. The van der Waals surface area contributed by atoms with E-state index in [1.165, 1.54) is 12.1 Å². The molecule has 162 valence electrons. The van der Waals surface area contributed by atoms with E-state index >= 15 is 0 Å². The van der Waals surface area contributed by atoms with Crippen LogP contribution in [0.3, 0.4) is 0 Å². The summed E-state index contributed by atoms with van der Waals surface area (Å²) in [6.07, 6.45) is 0. The minimum Gasteiger partial charge on any atom is -0.324 e. The number of sulfonamides is 1. The summed E-state index contributed by atoms with van der Waals surface area (Å²) in [5.74, 6) is -0.519. The van der Waals surface area contributed by atoms with Crippen molar-refractivity contribution in [2.75, 3.05) is 16.2 Å². The standard InChI is InChI=1S/C23H22Cl2N2O3S/c1-15-7-9-21(10-8-15)31(29,30)27(22-6-4-5-16(2)17(22)3)14-23(28)26-20-12-18(24)11-19(25)13-20/h4-13H,14H2,1-3H3,(H,26,28). The number of anilines is 2. The molecule has 0 fully saturated rings.